The maximum Gasteiger partial charge on any atom is 0.488 e. The smallest absolute Gasteiger partial charge is 0.423 e. The summed E-state index contributed by atoms with van der Waals surface area (Å²) in [4.78, 5) is 2.20. The summed E-state index contributed by atoms with van der Waals surface area (Å²) in [5.41, 5.74) is 5.73. The highest BCUT2D eigenvalue weighted by molar-refractivity contribution is 6.58. The summed E-state index contributed by atoms with van der Waals surface area (Å²) >= 11 is 0. The van der Waals surface area contributed by atoms with Crippen LogP contribution in [0.25, 0.3) is 32.7 Å². The summed E-state index contributed by atoms with van der Waals surface area (Å²) in [5, 5.41) is 24.0. The molecular formula is C32H24BNO2. The summed E-state index contributed by atoms with van der Waals surface area (Å²) in [5.74, 6) is 0. The molecule has 3 nitrogen and oxygen atoms in total. The Morgan fingerprint density at radius 2 is 1.08 bits per heavy atom. The van der Waals surface area contributed by atoms with Gasteiger partial charge in [-0.25, -0.2) is 0 Å². The standard InChI is InChI=1S/C32H24BNO2/c35-33(36)27-15-17-28(18-16-27)34(29-11-6-10-25(21-29)23-7-2-1-3-8-23)30-19-20-32-26(22-30)14-13-24-9-4-5-12-31(24)32/h1-22,35-36H. The average molecular weight is 465 g/mol. The summed E-state index contributed by atoms with van der Waals surface area (Å²) in [6, 6.07) is 45.5. The third-order valence-electron chi connectivity index (χ3n) is 6.65. The zero-order valence-electron chi connectivity index (χ0n) is 19.6. The maximum atomic E-state index is 9.60. The van der Waals surface area contributed by atoms with Crippen molar-refractivity contribution in [2.75, 3.05) is 4.90 Å². The lowest BCUT2D eigenvalue weighted by Gasteiger charge is -2.26. The van der Waals surface area contributed by atoms with E-state index in [1.54, 1.807) is 12.1 Å². The normalized spacial score (nSPS) is 11.1. The highest BCUT2D eigenvalue weighted by atomic mass is 16.4. The Morgan fingerprint density at radius 3 is 1.89 bits per heavy atom. The van der Waals surface area contributed by atoms with Crippen LogP contribution < -0.4 is 10.4 Å². The van der Waals surface area contributed by atoms with Gasteiger partial charge in [0.2, 0.25) is 0 Å². The molecule has 0 atom stereocenters. The molecule has 0 amide bonds. The van der Waals surface area contributed by atoms with Gasteiger partial charge in [0.1, 0.15) is 0 Å². The van der Waals surface area contributed by atoms with Gasteiger partial charge in [-0.05, 0) is 74.5 Å². The Kier molecular flexibility index (Phi) is 5.74. The summed E-state index contributed by atoms with van der Waals surface area (Å²) < 4.78 is 0. The Balaban J connectivity index is 1.52. The minimum Gasteiger partial charge on any atom is -0.423 e. The molecule has 0 aliphatic rings. The van der Waals surface area contributed by atoms with Crippen LogP contribution in [0.3, 0.4) is 0 Å². The summed E-state index contributed by atoms with van der Waals surface area (Å²) in [7, 11) is -1.50. The molecule has 6 aromatic carbocycles. The first kappa shape index (κ1) is 22.1. The Labute approximate surface area is 210 Å². The molecular weight excluding hydrogens is 441 g/mol. The van der Waals surface area contributed by atoms with Gasteiger partial charge in [0, 0.05) is 17.1 Å². The van der Waals surface area contributed by atoms with E-state index < -0.39 is 7.12 Å². The number of fused-ring (bicyclic) bond motifs is 3. The molecule has 36 heavy (non-hydrogen) atoms. The number of rotatable bonds is 5. The molecule has 0 saturated heterocycles. The number of hydrogen-bond acceptors (Lipinski definition) is 3. The van der Waals surface area contributed by atoms with Crippen LogP contribution in [0.5, 0.6) is 0 Å². The molecule has 2 N–H and O–H groups in total. The molecule has 0 radical (unpaired) electrons. The third kappa shape index (κ3) is 4.13. The second-order valence-corrected chi connectivity index (χ2v) is 8.91. The first-order valence-electron chi connectivity index (χ1n) is 12.0. The third-order valence-corrected chi connectivity index (χ3v) is 6.65. The van der Waals surface area contributed by atoms with E-state index in [1.807, 2.05) is 30.3 Å². The molecule has 0 spiro atoms. The van der Waals surface area contributed by atoms with E-state index in [0.29, 0.717) is 5.46 Å². The number of benzene rings is 6. The van der Waals surface area contributed by atoms with Gasteiger partial charge in [0.25, 0.3) is 0 Å². The molecule has 0 heterocycles. The predicted octanol–water partition coefficient (Wildman–Crippen LogP) is 6.81. The van der Waals surface area contributed by atoms with Crippen molar-refractivity contribution < 1.29 is 10.0 Å². The van der Waals surface area contributed by atoms with Crippen molar-refractivity contribution in [3.05, 3.63) is 133 Å². The molecule has 0 bridgehead atoms. The molecule has 6 aromatic rings. The number of nitrogens with zero attached hydrogens (tertiary/aromatic N) is 1. The van der Waals surface area contributed by atoms with E-state index in [9.17, 15) is 10.0 Å². The SMILES string of the molecule is OB(O)c1ccc(N(c2cccc(-c3ccccc3)c2)c2ccc3c(ccc4ccccc43)c2)cc1. The molecule has 0 aromatic heterocycles. The van der Waals surface area contributed by atoms with Gasteiger partial charge in [-0.3, -0.25) is 0 Å². The van der Waals surface area contributed by atoms with Gasteiger partial charge >= 0.3 is 7.12 Å². The van der Waals surface area contributed by atoms with Gasteiger partial charge in [0.05, 0.1) is 0 Å². The van der Waals surface area contributed by atoms with Gasteiger partial charge in [0.15, 0.2) is 0 Å². The van der Waals surface area contributed by atoms with Crippen LogP contribution in [-0.4, -0.2) is 17.2 Å². The quantitative estimate of drug-likeness (QED) is 0.217. The minimum absolute atomic E-state index is 0.460. The predicted molar refractivity (Wildman–Crippen MR) is 151 cm³/mol. The highest BCUT2D eigenvalue weighted by Gasteiger charge is 2.16. The second-order valence-electron chi connectivity index (χ2n) is 8.91. The topological polar surface area (TPSA) is 43.7 Å². The van der Waals surface area contributed by atoms with Crippen molar-refractivity contribution in [1.29, 1.82) is 0 Å². The van der Waals surface area contributed by atoms with Gasteiger partial charge < -0.3 is 14.9 Å². The monoisotopic (exact) mass is 465 g/mol. The van der Waals surface area contributed by atoms with Crippen LogP contribution in [0.15, 0.2) is 133 Å². The second kappa shape index (κ2) is 9.35. The van der Waals surface area contributed by atoms with E-state index in [0.717, 1.165) is 33.6 Å². The van der Waals surface area contributed by atoms with Crippen molar-refractivity contribution in [3.8, 4) is 11.1 Å². The van der Waals surface area contributed by atoms with Crippen LogP contribution in [0.4, 0.5) is 17.1 Å². The Hall–Kier alpha value is -4.38. The Morgan fingerprint density at radius 1 is 0.444 bits per heavy atom. The van der Waals surface area contributed by atoms with Gasteiger partial charge in [-0.15, -0.1) is 0 Å². The van der Waals surface area contributed by atoms with Crippen LogP contribution >= 0.6 is 0 Å². The van der Waals surface area contributed by atoms with Crippen LogP contribution in [0.1, 0.15) is 0 Å². The highest BCUT2D eigenvalue weighted by Crippen LogP contribution is 2.38. The lowest BCUT2D eigenvalue weighted by atomic mass is 9.80. The van der Waals surface area contributed by atoms with Crippen molar-refractivity contribution in [1.82, 2.24) is 0 Å². The molecule has 4 heteroatoms. The molecule has 172 valence electrons. The van der Waals surface area contributed by atoms with Crippen molar-refractivity contribution >= 4 is 51.2 Å². The first-order chi connectivity index (χ1) is 17.7. The summed E-state index contributed by atoms with van der Waals surface area (Å²) in [6.07, 6.45) is 0. The van der Waals surface area contributed by atoms with Crippen LogP contribution in [-0.2, 0) is 0 Å². The molecule has 0 fully saturated rings. The average Bonchev–Trinajstić information content (AvgIpc) is 2.94. The lowest BCUT2D eigenvalue weighted by Crippen LogP contribution is -2.29. The van der Waals surface area contributed by atoms with Crippen LogP contribution in [0, 0.1) is 0 Å². The Bertz CT molecular complexity index is 1660. The number of hydrogen-bond donors (Lipinski definition) is 2. The first-order valence-corrected chi connectivity index (χ1v) is 12.0. The minimum atomic E-state index is -1.50. The largest absolute Gasteiger partial charge is 0.488 e. The summed E-state index contributed by atoms with van der Waals surface area (Å²) in [6.45, 7) is 0. The van der Waals surface area contributed by atoms with E-state index in [2.05, 4.69) is 95.9 Å². The van der Waals surface area contributed by atoms with E-state index in [-0.39, 0.29) is 0 Å². The molecule has 0 saturated carbocycles. The molecule has 0 aliphatic carbocycles. The van der Waals surface area contributed by atoms with Crippen LogP contribution in [0.2, 0.25) is 0 Å². The molecule has 0 unspecified atom stereocenters. The fourth-order valence-corrected chi connectivity index (χ4v) is 4.84. The van der Waals surface area contributed by atoms with E-state index >= 15 is 0 Å². The van der Waals surface area contributed by atoms with E-state index in [4.69, 9.17) is 0 Å². The van der Waals surface area contributed by atoms with Crippen molar-refractivity contribution in [2.45, 2.75) is 0 Å². The van der Waals surface area contributed by atoms with Gasteiger partial charge in [-0.2, -0.15) is 0 Å². The van der Waals surface area contributed by atoms with E-state index in [1.165, 1.54) is 16.2 Å². The zero-order chi connectivity index (χ0) is 24.5. The van der Waals surface area contributed by atoms with Gasteiger partial charge in [-0.1, -0.05) is 97.1 Å². The fraction of sp³-hybridized carbons (Fsp3) is 0. The number of anilines is 3. The lowest BCUT2D eigenvalue weighted by molar-refractivity contribution is 0.426. The fourth-order valence-electron chi connectivity index (χ4n) is 4.84. The molecule has 0 aliphatic heterocycles. The zero-order valence-corrected chi connectivity index (χ0v) is 19.6. The molecule has 6 rings (SSSR count). The van der Waals surface area contributed by atoms with Crippen molar-refractivity contribution in [3.63, 3.8) is 0 Å². The maximum absolute atomic E-state index is 9.60. The van der Waals surface area contributed by atoms with Crippen molar-refractivity contribution in [2.24, 2.45) is 0 Å².